The van der Waals surface area contributed by atoms with Gasteiger partial charge in [0.25, 0.3) is 5.91 Å². The molecule has 0 saturated carbocycles. The number of ether oxygens (including phenoxy) is 1. The van der Waals surface area contributed by atoms with E-state index in [2.05, 4.69) is 32.8 Å². The van der Waals surface area contributed by atoms with E-state index in [4.69, 9.17) is 4.74 Å². The molecule has 0 aliphatic carbocycles. The van der Waals surface area contributed by atoms with Gasteiger partial charge in [0.15, 0.2) is 0 Å². The monoisotopic (exact) mass is 342 g/mol. The molecule has 136 valence electrons. The molecule has 25 heavy (non-hydrogen) atoms. The Kier molecular flexibility index (Phi) is 6.40. The maximum Gasteiger partial charge on any atom is 0.278 e. The number of carbonyl (C=O) groups is 1. The molecule has 0 saturated heterocycles. The first-order valence-corrected chi connectivity index (χ1v) is 9.12. The average Bonchev–Trinajstić information content (AvgIpc) is 2.82. The molecule has 0 fully saturated rings. The molecule has 0 unspecified atom stereocenters. The van der Waals surface area contributed by atoms with E-state index in [0.29, 0.717) is 24.0 Å². The summed E-state index contributed by atoms with van der Waals surface area (Å²) in [6, 6.07) is 7.33. The summed E-state index contributed by atoms with van der Waals surface area (Å²) in [4.78, 5) is 12.8. The molecule has 2 rings (SSSR count). The van der Waals surface area contributed by atoms with Gasteiger partial charge in [0.05, 0.1) is 12.3 Å². The molecule has 0 spiro atoms. The minimum Gasteiger partial charge on any atom is -0.494 e. The number of aryl methyl sites for hydroxylation is 1. The molecular weight excluding hydrogens is 312 g/mol. The topological polar surface area (TPSA) is 44.1 Å². The summed E-state index contributed by atoms with van der Waals surface area (Å²) in [5, 5.41) is 4.47. The predicted octanol–water partition coefficient (Wildman–Crippen LogP) is 4.81. The molecule has 0 aliphatic heterocycles. The van der Waals surface area contributed by atoms with Gasteiger partial charge >= 0.3 is 0 Å². The van der Waals surface area contributed by atoms with Crippen molar-refractivity contribution in [2.24, 2.45) is 11.8 Å². The minimum absolute atomic E-state index is 0.0932. The molecule has 1 aromatic carbocycles. The van der Waals surface area contributed by atoms with Crippen LogP contribution in [0.5, 0.6) is 5.75 Å². The highest BCUT2D eigenvalue weighted by Gasteiger charge is 2.18. The fraction of sp³-hybridized carbons (Fsp3) is 0.524. The number of nitrogens with zero attached hydrogens (tertiary/aromatic N) is 2. The smallest absolute Gasteiger partial charge is 0.278 e. The molecular formula is C21H30N2O2. The summed E-state index contributed by atoms with van der Waals surface area (Å²) in [6.07, 6.45) is 1.96. The predicted molar refractivity (Wildman–Crippen MR) is 101 cm³/mol. The Hall–Kier alpha value is -2.10. The van der Waals surface area contributed by atoms with Crippen LogP contribution in [0, 0.1) is 25.7 Å². The Morgan fingerprint density at radius 3 is 2.28 bits per heavy atom. The Labute approximate surface area is 151 Å². The molecule has 4 heteroatoms. The van der Waals surface area contributed by atoms with Crippen LogP contribution in [0.4, 0.5) is 0 Å². The second-order valence-corrected chi connectivity index (χ2v) is 7.52. The van der Waals surface area contributed by atoms with E-state index < -0.39 is 0 Å². The van der Waals surface area contributed by atoms with Crippen LogP contribution in [0.15, 0.2) is 24.3 Å². The Balaban J connectivity index is 2.13. The molecule has 4 nitrogen and oxygen atoms in total. The van der Waals surface area contributed by atoms with Crippen molar-refractivity contribution in [3.63, 3.8) is 0 Å². The summed E-state index contributed by atoms with van der Waals surface area (Å²) in [7, 11) is 0. The minimum atomic E-state index is -0.0932. The van der Waals surface area contributed by atoms with Gasteiger partial charge in [0.1, 0.15) is 5.75 Å². The zero-order valence-corrected chi connectivity index (χ0v) is 16.3. The van der Waals surface area contributed by atoms with Crippen molar-refractivity contribution in [1.82, 2.24) is 9.78 Å². The van der Waals surface area contributed by atoms with Gasteiger partial charge in [0, 0.05) is 11.3 Å². The highest BCUT2D eigenvalue weighted by atomic mass is 16.5. The number of hydrogen-bond acceptors (Lipinski definition) is 3. The third kappa shape index (κ3) is 4.94. The van der Waals surface area contributed by atoms with Crippen molar-refractivity contribution < 1.29 is 9.53 Å². The molecule has 0 amide bonds. The number of carbonyl (C=O) groups excluding carboxylic acids is 1. The lowest BCUT2D eigenvalue weighted by atomic mass is 10.0. The third-order valence-electron chi connectivity index (χ3n) is 4.31. The lowest BCUT2D eigenvalue weighted by Gasteiger charge is -2.09. The van der Waals surface area contributed by atoms with E-state index in [1.165, 1.54) is 10.2 Å². The van der Waals surface area contributed by atoms with Gasteiger partial charge in [-0.05, 0) is 68.4 Å². The Morgan fingerprint density at radius 1 is 1.08 bits per heavy atom. The summed E-state index contributed by atoms with van der Waals surface area (Å²) in [5.74, 6) is 1.86. The second-order valence-electron chi connectivity index (χ2n) is 7.52. The van der Waals surface area contributed by atoms with E-state index in [-0.39, 0.29) is 5.91 Å². The fourth-order valence-corrected chi connectivity index (χ4v) is 2.80. The van der Waals surface area contributed by atoms with Crippen molar-refractivity contribution in [2.75, 3.05) is 6.61 Å². The highest BCUT2D eigenvalue weighted by molar-refractivity contribution is 5.96. The van der Waals surface area contributed by atoms with Gasteiger partial charge in [-0.15, -0.1) is 0 Å². The molecule has 0 atom stereocenters. The molecule has 1 aromatic heterocycles. The van der Waals surface area contributed by atoms with Crippen LogP contribution in [-0.2, 0) is 6.42 Å². The SMILES string of the molecule is Cc1nn(C(=O)c2ccc(OCCC(C)C)cc2)c(C)c1CC(C)C. The summed E-state index contributed by atoms with van der Waals surface area (Å²) in [6.45, 7) is 13.3. The van der Waals surface area contributed by atoms with Crippen molar-refractivity contribution in [3.05, 3.63) is 46.8 Å². The van der Waals surface area contributed by atoms with Gasteiger partial charge in [-0.25, -0.2) is 4.68 Å². The zero-order valence-electron chi connectivity index (χ0n) is 16.3. The van der Waals surface area contributed by atoms with Crippen LogP contribution in [0.1, 0.15) is 61.4 Å². The molecule has 0 aliphatic rings. The molecule has 2 aromatic rings. The largest absolute Gasteiger partial charge is 0.494 e. The van der Waals surface area contributed by atoms with E-state index in [0.717, 1.165) is 30.0 Å². The standard InChI is InChI=1S/C21H30N2O2/c1-14(2)11-12-25-19-9-7-18(8-10-19)21(24)23-17(6)20(13-15(3)4)16(5)22-23/h7-10,14-15H,11-13H2,1-6H3. The Morgan fingerprint density at radius 2 is 1.72 bits per heavy atom. The lowest BCUT2D eigenvalue weighted by molar-refractivity contribution is 0.0942. The van der Waals surface area contributed by atoms with Crippen molar-refractivity contribution in [3.8, 4) is 5.75 Å². The summed E-state index contributed by atoms with van der Waals surface area (Å²) < 4.78 is 7.24. The number of hydrogen-bond donors (Lipinski definition) is 0. The van der Waals surface area contributed by atoms with E-state index >= 15 is 0 Å². The van der Waals surface area contributed by atoms with Gasteiger partial charge < -0.3 is 4.74 Å². The summed E-state index contributed by atoms with van der Waals surface area (Å²) in [5.41, 5.74) is 3.68. The van der Waals surface area contributed by atoms with Gasteiger partial charge in [0.2, 0.25) is 0 Å². The van der Waals surface area contributed by atoms with Crippen molar-refractivity contribution in [2.45, 2.75) is 54.4 Å². The van der Waals surface area contributed by atoms with Crippen molar-refractivity contribution in [1.29, 1.82) is 0 Å². The number of aromatic nitrogens is 2. The average molecular weight is 342 g/mol. The maximum absolute atomic E-state index is 12.8. The zero-order chi connectivity index (χ0) is 18.6. The van der Waals surface area contributed by atoms with Crippen LogP contribution in [-0.4, -0.2) is 22.3 Å². The van der Waals surface area contributed by atoms with Gasteiger partial charge in [-0.2, -0.15) is 5.10 Å². The second kappa shape index (κ2) is 8.32. The van der Waals surface area contributed by atoms with Crippen LogP contribution in [0.25, 0.3) is 0 Å². The number of rotatable bonds is 7. The first kappa shape index (κ1) is 19.2. The van der Waals surface area contributed by atoms with E-state index in [1.54, 1.807) is 0 Å². The molecule has 1 heterocycles. The first-order valence-electron chi connectivity index (χ1n) is 9.12. The fourth-order valence-electron chi connectivity index (χ4n) is 2.80. The van der Waals surface area contributed by atoms with E-state index in [1.807, 2.05) is 38.1 Å². The third-order valence-corrected chi connectivity index (χ3v) is 4.31. The van der Waals surface area contributed by atoms with Crippen LogP contribution >= 0.6 is 0 Å². The molecule has 0 bridgehead atoms. The maximum atomic E-state index is 12.8. The first-order chi connectivity index (χ1) is 11.8. The van der Waals surface area contributed by atoms with Crippen molar-refractivity contribution >= 4 is 5.91 Å². The van der Waals surface area contributed by atoms with Gasteiger partial charge in [-0.3, -0.25) is 4.79 Å². The quantitative estimate of drug-likeness (QED) is 0.725. The highest BCUT2D eigenvalue weighted by Crippen LogP contribution is 2.20. The van der Waals surface area contributed by atoms with Crippen LogP contribution in [0.3, 0.4) is 0 Å². The molecule has 0 radical (unpaired) electrons. The van der Waals surface area contributed by atoms with Gasteiger partial charge in [-0.1, -0.05) is 27.7 Å². The van der Waals surface area contributed by atoms with Crippen LogP contribution < -0.4 is 4.74 Å². The molecule has 0 N–H and O–H groups in total. The Bertz CT molecular complexity index is 712. The van der Waals surface area contributed by atoms with E-state index in [9.17, 15) is 4.79 Å². The lowest BCUT2D eigenvalue weighted by Crippen LogP contribution is -2.15. The number of benzene rings is 1. The van der Waals surface area contributed by atoms with Crippen LogP contribution in [0.2, 0.25) is 0 Å². The normalized spacial score (nSPS) is 11.4. The summed E-state index contributed by atoms with van der Waals surface area (Å²) >= 11 is 0.